The van der Waals surface area contributed by atoms with Gasteiger partial charge in [-0.05, 0) is 60.7 Å². The molecule has 0 heterocycles. The van der Waals surface area contributed by atoms with E-state index in [1.54, 1.807) is 18.2 Å². The van der Waals surface area contributed by atoms with E-state index in [0.29, 0.717) is 4.47 Å². The van der Waals surface area contributed by atoms with Crippen molar-refractivity contribution in [1.82, 2.24) is 5.32 Å². The number of benzene rings is 3. The van der Waals surface area contributed by atoms with Crippen LogP contribution in [0.3, 0.4) is 0 Å². The Morgan fingerprint density at radius 2 is 1.61 bits per heavy atom. The minimum absolute atomic E-state index is 0.0248. The van der Waals surface area contributed by atoms with E-state index in [0.717, 1.165) is 18.2 Å². The fraction of sp³-hybridized carbons (Fsp3) is 0.0435. The maximum absolute atomic E-state index is 14.2. The SMILES string of the molecule is O=C(Nc1ccc(OC(F)(F)F)cc1)/C(=C/c1cc(Br)ccc1F)NC(=O)c1ccccc1. The number of carbonyl (C=O) groups excluding carboxylic acids is 2. The molecule has 170 valence electrons. The number of nitrogens with one attached hydrogen (secondary N) is 2. The Bertz CT molecular complexity index is 1180. The molecule has 0 aliphatic carbocycles. The molecule has 10 heteroatoms. The second-order valence-corrected chi connectivity index (χ2v) is 7.49. The second kappa shape index (κ2) is 10.3. The molecule has 0 fully saturated rings. The Kier molecular flexibility index (Phi) is 7.49. The largest absolute Gasteiger partial charge is 0.573 e. The number of hydrogen-bond acceptors (Lipinski definition) is 3. The zero-order chi connectivity index (χ0) is 24.0. The van der Waals surface area contributed by atoms with Crippen LogP contribution in [0.4, 0.5) is 23.2 Å². The molecule has 3 aromatic carbocycles. The van der Waals surface area contributed by atoms with Gasteiger partial charge in [0, 0.05) is 21.3 Å². The number of amides is 2. The van der Waals surface area contributed by atoms with Gasteiger partial charge >= 0.3 is 6.36 Å². The monoisotopic (exact) mass is 522 g/mol. The predicted octanol–water partition coefficient (Wildman–Crippen LogP) is 5.90. The molecule has 2 N–H and O–H groups in total. The number of carbonyl (C=O) groups is 2. The molecule has 0 aromatic heterocycles. The number of anilines is 1. The fourth-order valence-corrected chi connectivity index (χ4v) is 3.04. The summed E-state index contributed by atoms with van der Waals surface area (Å²) in [5, 5.41) is 4.90. The molecule has 2 amide bonds. The maximum Gasteiger partial charge on any atom is 0.573 e. The van der Waals surface area contributed by atoms with Crippen molar-refractivity contribution in [1.29, 1.82) is 0 Å². The van der Waals surface area contributed by atoms with E-state index in [4.69, 9.17) is 0 Å². The zero-order valence-corrected chi connectivity index (χ0v) is 18.2. The summed E-state index contributed by atoms with van der Waals surface area (Å²) < 4.78 is 55.5. The van der Waals surface area contributed by atoms with E-state index in [9.17, 15) is 27.2 Å². The first kappa shape index (κ1) is 24.0. The van der Waals surface area contributed by atoms with E-state index < -0.39 is 29.7 Å². The molecule has 0 saturated heterocycles. The zero-order valence-electron chi connectivity index (χ0n) is 16.6. The van der Waals surface area contributed by atoms with Crippen LogP contribution >= 0.6 is 15.9 Å². The fourth-order valence-electron chi connectivity index (χ4n) is 2.66. The Morgan fingerprint density at radius 1 is 0.939 bits per heavy atom. The first-order valence-electron chi connectivity index (χ1n) is 9.31. The highest BCUT2D eigenvalue weighted by atomic mass is 79.9. The summed E-state index contributed by atoms with van der Waals surface area (Å²) in [5.74, 6) is -2.53. The third kappa shape index (κ3) is 7.18. The van der Waals surface area contributed by atoms with Crippen molar-refractivity contribution < 1.29 is 31.9 Å². The lowest BCUT2D eigenvalue weighted by Gasteiger charge is -2.13. The van der Waals surface area contributed by atoms with Crippen molar-refractivity contribution in [3.05, 3.63) is 99.9 Å². The second-order valence-electron chi connectivity index (χ2n) is 6.57. The van der Waals surface area contributed by atoms with Crippen molar-refractivity contribution in [2.24, 2.45) is 0 Å². The number of rotatable bonds is 6. The van der Waals surface area contributed by atoms with Gasteiger partial charge in [-0.3, -0.25) is 9.59 Å². The minimum atomic E-state index is -4.85. The lowest BCUT2D eigenvalue weighted by atomic mass is 10.1. The van der Waals surface area contributed by atoms with Crippen LogP contribution in [0, 0.1) is 5.82 Å². The van der Waals surface area contributed by atoms with Gasteiger partial charge in [-0.2, -0.15) is 0 Å². The Morgan fingerprint density at radius 3 is 2.24 bits per heavy atom. The smallest absolute Gasteiger partial charge is 0.406 e. The molecule has 0 spiro atoms. The summed E-state index contributed by atoms with van der Waals surface area (Å²) >= 11 is 3.22. The molecule has 0 atom stereocenters. The Labute approximate surface area is 194 Å². The summed E-state index contributed by atoms with van der Waals surface area (Å²) in [6.07, 6.45) is -3.70. The van der Waals surface area contributed by atoms with Gasteiger partial charge in [-0.25, -0.2) is 4.39 Å². The molecular weight excluding hydrogens is 508 g/mol. The number of ether oxygens (including phenoxy) is 1. The van der Waals surface area contributed by atoms with Gasteiger partial charge in [-0.15, -0.1) is 13.2 Å². The molecule has 0 bridgehead atoms. The molecule has 33 heavy (non-hydrogen) atoms. The molecule has 0 aliphatic heterocycles. The highest BCUT2D eigenvalue weighted by Gasteiger charge is 2.31. The van der Waals surface area contributed by atoms with Crippen LogP contribution in [0.2, 0.25) is 0 Å². The van der Waals surface area contributed by atoms with Crippen LogP contribution in [0.1, 0.15) is 15.9 Å². The van der Waals surface area contributed by atoms with Crippen LogP contribution < -0.4 is 15.4 Å². The van der Waals surface area contributed by atoms with Gasteiger partial charge in [0.25, 0.3) is 11.8 Å². The van der Waals surface area contributed by atoms with Gasteiger partial charge in [0.15, 0.2) is 0 Å². The van der Waals surface area contributed by atoms with E-state index >= 15 is 0 Å². The molecule has 0 unspecified atom stereocenters. The minimum Gasteiger partial charge on any atom is -0.406 e. The quantitative estimate of drug-likeness (QED) is 0.313. The normalized spacial score (nSPS) is 11.6. The van der Waals surface area contributed by atoms with E-state index in [-0.39, 0.29) is 22.5 Å². The van der Waals surface area contributed by atoms with Gasteiger partial charge < -0.3 is 15.4 Å². The molecule has 5 nitrogen and oxygen atoms in total. The van der Waals surface area contributed by atoms with E-state index in [1.165, 1.54) is 42.5 Å². The van der Waals surface area contributed by atoms with Crippen LogP contribution in [-0.2, 0) is 4.79 Å². The highest BCUT2D eigenvalue weighted by molar-refractivity contribution is 9.10. The van der Waals surface area contributed by atoms with Gasteiger partial charge in [-0.1, -0.05) is 34.1 Å². The standard InChI is InChI=1S/C23H15BrF4N2O3/c24-16-6-11-19(25)15(12-16)13-20(30-21(31)14-4-2-1-3-5-14)22(32)29-17-7-9-18(10-8-17)33-23(26,27)28/h1-13H,(H,29,32)(H,30,31)/b20-13-. The van der Waals surface area contributed by atoms with Crippen molar-refractivity contribution in [2.75, 3.05) is 5.32 Å². The highest BCUT2D eigenvalue weighted by Crippen LogP contribution is 2.24. The summed E-state index contributed by atoms with van der Waals surface area (Å²) in [5.41, 5.74) is 0.136. The third-order valence-electron chi connectivity index (χ3n) is 4.13. The number of hydrogen-bond donors (Lipinski definition) is 2. The predicted molar refractivity (Wildman–Crippen MR) is 118 cm³/mol. The maximum atomic E-state index is 14.2. The average Bonchev–Trinajstić information content (AvgIpc) is 2.76. The van der Waals surface area contributed by atoms with Gasteiger partial charge in [0.2, 0.25) is 0 Å². The molecular formula is C23H15BrF4N2O3. The number of halogens is 5. The van der Waals surface area contributed by atoms with E-state index in [2.05, 4.69) is 31.3 Å². The summed E-state index contributed by atoms with van der Waals surface area (Å²) in [6.45, 7) is 0. The lowest BCUT2D eigenvalue weighted by Crippen LogP contribution is -2.30. The van der Waals surface area contributed by atoms with E-state index in [1.807, 2.05) is 0 Å². The van der Waals surface area contributed by atoms with Gasteiger partial charge in [0.1, 0.15) is 17.3 Å². The van der Waals surface area contributed by atoms with Crippen LogP contribution in [0.15, 0.2) is 83.0 Å². The van der Waals surface area contributed by atoms with Crippen molar-refractivity contribution in [2.45, 2.75) is 6.36 Å². The molecule has 3 rings (SSSR count). The molecule has 0 aliphatic rings. The third-order valence-corrected chi connectivity index (χ3v) is 4.63. The number of alkyl halides is 3. The average molecular weight is 523 g/mol. The van der Waals surface area contributed by atoms with Crippen molar-refractivity contribution in [3.63, 3.8) is 0 Å². The summed E-state index contributed by atoms with van der Waals surface area (Å²) in [6, 6.07) is 16.5. The Hall–Kier alpha value is -3.66. The van der Waals surface area contributed by atoms with Crippen LogP contribution in [0.5, 0.6) is 5.75 Å². The van der Waals surface area contributed by atoms with Crippen LogP contribution in [-0.4, -0.2) is 18.2 Å². The van der Waals surface area contributed by atoms with Gasteiger partial charge in [0.05, 0.1) is 0 Å². The lowest BCUT2D eigenvalue weighted by molar-refractivity contribution is -0.274. The molecule has 0 radical (unpaired) electrons. The summed E-state index contributed by atoms with van der Waals surface area (Å²) in [7, 11) is 0. The summed E-state index contributed by atoms with van der Waals surface area (Å²) in [4.78, 5) is 25.4. The van der Waals surface area contributed by atoms with Crippen molar-refractivity contribution >= 4 is 39.5 Å². The first-order chi connectivity index (χ1) is 15.6. The molecule has 0 saturated carbocycles. The van der Waals surface area contributed by atoms with Crippen molar-refractivity contribution in [3.8, 4) is 5.75 Å². The first-order valence-corrected chi connectivity index (χ1v) is 10.1. The topological polar surface area (TPSA) is 67.4 Å². The Balaban J connectivity index is 1.86. The van der Waals surface area contributed by atoms with Crippen LogP contribution in [0.25, 0.3) is 6.08 Å². The molecule has 3 aromatic rings.